The number of alkyl halides is 2. The number of benzene rings is 1. The van der Waals surface area contributed by atoms with E-state index in [1.165, 1.54) is 31.2 Å². The number of unbranched alkanes of at least 4 members (excludes halogenated alkanes) is 6. The topological polar surface area (TPSA) is 35.0 Å². The first-order valence-corrected chi connectivity index (χ1v) is 12.4. The number of aromatic nitrogens is 2. The first kappa shape index (κ1) is 26.2. The van der Waals surface area contributed by atoms with Gasteiger partial charge in [0, 0.05) is 5.56 Å². The summed E-state index contributed by atoms with van der Waals surface area (Å²) in [5.41, 5.74) is 2.17. The number of aryl methyl sites for hydroxylation is 1. The van der Waals surface area contributed by atoms with Crippen molar-refractivity contribution >= 4 is 0 Å². The second kappa shape index (κ2) is 15.7. The minimum absolute atomic E-state index is 0.0494. The predicted octanol–water partition coefficient (Wildman–Crippen LogP) is 8.07. The van der Waals surface area contributed by atoms with E-state index in [9.17, 15) is 8.78 Å². The number of hydrogen-bond acceptors (Lipinski definition) is 3. The van der Waals surface area contributed by atoms with Crippen molar-refractivity contribution in [1.82, 2.24) is 9.97 Å². The lowest BCUT2D eigenvalue weighted by Gasteiger charge is -2.10. The smallest absolute Gasteiger partial charge is 0.159 e. The molecule has 0 aliphatic rings. The standard InChI is InChI=1S/C27H40F2N2O/c1-3-5-6-7-8-9-14-25(29)21-32-26-19-30-27(31-20-26)23-17-15-22(16-18-23)12-10-11-13-24(28)4-2/h15-20,24-25H,3-14,21H2,1-2H3. The largest absolute Gasteiger partial charge is 0.487 e. The maximum Gasteiger partial charge on any atom is 0.159 e. The maximum absolute atomic E-state index is 14.0. The molecule has 0 aliphatic carbocycles. The molecule has 0 saturated carbocycles. The van der Waals surface area contributed by atoms with E-state index in [0.717, 1.165) is 37.7 Å². The third-order valence-electron chi connectivity index (χ3n) is 5.82. The molecule has 1 aromatic heterocycles. The zero-order chi connectivity index (χ0) is 23.0. The monoisotopic (exact) mass is 446 g/mol. The van der Waals surface area contributed by atoms with Gasteiger partial charge in [0.05, 0.1) is 18.6 Å². The van der Waals surface area contributed by atoms with Gasteiger partial charge in [0.2, 0.25) is 0 Å². The normalized spacial score (nSPS) is 13.1. The van der Waals surface area contributed by atoms with Crippen LogP contribution in [0.5, 0.6) is 5.75 Å². The van der Waals surface area contributed by atoms with E-state index in [4.69, 9.17) is 4.74 Å². The number of ether oxygens (including phenoxy) is 1. The molecule has 0 saturated heterocycles. The molecule has 0 amide bonds. The molecular formula is C27H40F2N2O. The Balaban J connectivity index is 1.69. The summed E-state index contributed by atoms with van der Waals surface area (Å²) in [5, 5.41) is 0. The Morgan fingerprint density at radius 1 is 0.781 bits per heavy atom. The van der Waals surface area contributed by atoms with Gasteiger partial charge in [-0.15, -0.1) is 0 Å². The Hall–Kier alpha value is -2.04. The molecule has 178 valence electrons. The van der Waals surface area contributed by atoms with Gasteiger partial charge >= 0.3 is 0 Å². The summed E-state index contributed by atoms with van der Waals surface area (Å²) in [6.45, 7) is 4.13. The highest BCUT2D eigenvalue weighted by molar-refractivity contribution is 5.55. The summed E-state index contributed by atoms with van der Waals surface area (Å²) in [6.07, 6.45) is 13.2. The Bertz CT molecular complexity index is 721. The van der Waals surface area contributed by atoms with Gasteiger partial charge < -0.3 is 4.74 Å². The molecule has 0 N–H and O–H groups in total. The predicted molar refractivity (Wildman–Crippen MR) is 129 cm³/mol. The van der Waals surface area contributed by atoms with Gasteiger partial charge in [-0.05, 0) is 37.7 Å². The average molecular weight is 447 g/mol. The minimum atomic E-state index is -0.953. The Labute approximate surface area is 193 Å². The van der Waals surface area contributed by atoms with E-state index in [1.807, 2.05) is 19.1 Å². The molecule has 1 aromatic carbocycles. The molecule has 1 heterocycles. The van der Waals surface area contributed by atoms with Crippen LogP contribution in [0.1, 0.15) is 90.0 Å². The van der Waals surface area contributed by atoms with Crippen molar-refractivity contribution in [1.29, 1.82) is 0 Å². The van der Waals surface area contributed by atoms with Gasteiger partial charge in [0.25, 0.3) is 0 Å². The second-order valence-electron chi connectivity index (χ2n) is 8.66. The highest BCUT2D eigenvalue weighted by atomic mass is 19.1. The van der Waals surface area contributed by atoms with E-state index < -0.39 is 12.3 Å². The molecular weight excluding hydrogens is 406 g/mol. The summed E-state index contributed by atoms with van der Waals surface area (Å²) in [4.78, 5) is 8.73. The van der Waals surface area contributed by atoms with Crippen LogP contribution in [-0.4, -0.2) is 28.9 Å². The molecule has 5 heteroatoms. The fraction of sp³-hybridized carbons (Fsp3) is 0.630. The number of halogens is 2. The van der Waals surface area contributed by atoms with E-state index in [1.54, 1.807) is 12.4 Å². The van der Waals surface area contributed by atoms with Gasteiger partial charge in [-0.1, -0.05) is 83.1 Å². The third-order valence-corrected chi connectivity index (χ3v) is 5.82. The molecule has 0 fully saturated rings. The molecule has 2 unspecified atom stereocenters. The molecule has 2 rings (SSSR count). The molecule has 32 heavy (non-hydrogen) atoms. The summed E-state index contributed by atoms with van der Waals surface area (Å²) >= 11 is 0. The summed E-state index contributed by atoms with van der Waals surface area (Å²) in [6, 6.07) is 8.16. The van der Waals surface area contributed by atoms with Gasteiger partial charge in [0.15, 0.2) is 11.6 Å². The lowest BCUT2D eigenvalue weighted by molar-refractivity contribution is 0.183. The van der Waals surface area contributed by atoms with Crippen molar-refractivity contribution in [3.63, 3.8) is 0 Å². The van der Waals surface area contributed by atoms with E-state index in [-0.39, 0.29) is 6.61 Å². The molecule has 3 nitrogen and oxygen atoms in total. The summed E-state index contributed by atoms with van der Waals surface area (Å²) in [7, 11) is 0. The molecule has 0 bridgehead atoms. The van der Waals surface area contributed by atoms with Gasteiger partial charge in [-0.25, -0.2) is 18.7 Å². The molecule has 0 aliphatic heterocycles. The van der Waals surface area contributed by atoms with Gasteiger partial charge in [-0.3, -0.25) is 0 Å². The second-order valence-corrected chi connectivity index (χ2v) is 8.66. The van der Waals surface area contributed by atoms with E-state index >= 15 is 0 Å². The van der Waals surface area contributed by atoms with Crippen LogP contribution >= 0.6 is 0 Å². The van der Waals surface area contributed by atoms with Crippen LogP contribution < -0.4 is 4.74 Å². The van der Waals surface area contributed by atoms with Gasteiger partial charge in [0.1, 0.15) is 12.8 Å². The first-order valence-electron chi connectivity index (χ1n) is 12.4. The van der Waals surface area contributed by atoms with E-state index in [2.05, 4.69) is 29.0 Å². The fourth-order valence-corrected chi connectivity index (χ4v) is 3.68. The van der Waals surface area contributed by atoms with Crippen LogP contribution in [0.15, 0.2) is 36.7 Å². The van der Waals surface area contributed by atoms with Crippen molar-refractivity contribution in [2.75, 3.05) is 6.61 Å². The first-order chi connectivity index (χ1) is 15.6. The van der Waals surface area contributed by atoms with Crippen LogP contribution in [0.25, 0.3) is 11.4 Å². The highest BCUT2D eigenvalue weighted by Gasteiger charge is 2.09. The number of hydrogen-bond donors (Lipinski definition) is 0. The molecule has 0 radical (unpaired) electrons. The Morgan fingerprint density at radius 2 is 1.41 bits per heavy atom. The fourth-order valence-electron chi connectivity index (χ4n) is 3.68. The highest BCUT2D eigenvalue weighted by Crippen LogP contribution is 2.19. The SMILES string of the molecule is CCCCCCCCC(F)COc1cnc(-c2ccc(CCCCC(F)CC)cc2)nc1. The zero-order valence-corrected chi connectivity index (χ0v) is 19.9. The van der Waals surface area contributed by atoms with Crippen LogP contribution in [0.2, 0.25) is 0 Å². The van der Waals surface area contributed by atoms with Gasteiger partial charge in [-0.2, -0.15) is 0 Å². The lowest BCUT2D eigenvalue weighted by Crippen LogP contribution is -2.13. The van der Waals surface area contributed by atoms with Crippen LogP contribution in [-0.2, 0) is 6.42 Å². The molecule has 2 aromatic rings. The summed E-state index contributed by atoms with van der Waals surface area (Å²) < 4.78 is 32.8. The Morgan fingerprint density at radius 3 is 2.09 bits per heavy atom. The zero-order valence-electron chi connectivity index (χ0n) is 19.9. The number of rotatable bonds is 17. The summed E-state index contributed by atoms with van der Waals surface area (Å²) in [5.74, 6) is 1.12. The van der Waals surface area contributed by atoms with Crippen molar-refractivity contribution in [3.8, 4) is 17.1 Å². The average Bonchev–Trinajstić information content (AvgIpc) is 2.83. The van der Waals surface area contributed by atoms with Crippen molar-refractivity contribution in [2.24, 2.45) is 0 Å². The van der Waals surface area contributed by atoms with Crippen molar-refractivity contribution in [2.45, 2.75) is 103 Å². The van der Waals surface area contributed by atoms with Crippen molar-refractivity contribution in [3.05, 3.63) is 42.2 Å². The van der Waals surface area contributed by atoms with Crippen LogP contribution in [0.3, 0.4) is 0 Å². The lowest BCUT2D eigenvalue weighted by atomic mass is 10.0. The Kier molecular flexibility index (Phi) is 12.9. The van der Waals surface area contributed by atoms with Crippen LogP contribution in [0, 0.1) is 0 Å². The molecule has 2 atom stereocenters. The molecule has 0 spiro atoms. The minimum Gasteiger partial charge on any atom is -0.487 e. The third kappa shape index (κ3) is 10.5. The van der Waals surface area contributed by atoms with E-state index in [0.29, 0.717) is 30.8 Å². The maximum atomic E-state index is 14.0. The van der Waals surface area contributed by atoms with Crippen molar-refractivity contribution < 1.29 is 13.5 Å². The van der Waals surface area contributed by atoms with Crippen LogP contribution in [0.4, 0.5) is 8.78 Å². The number of nitrogens with zero attached hydrogens (tertiary/aromatic N) is 2. The quantitative estimate of drug-likeness (QED) is 0.230.